The number of fused-ring (bicyclic) bond motifs is 1. The molecule has 1 aromatic rings. The first kappa shape index (κ1) is 10.8. The molecule has 0 saturated heterocycles. The van der Waals surface area contributed by atoms with Crippen LogP contribution in [0.15, 0.2) is 18.2 Å². The van der Waals surface area contributed by atoms with E-state index in [-0.39, 0.29) is 6.10 Å². The summed E-state index contributed by atoms with van der Waals surface area (Å²) >= 11 is 1.84. The van der Waals surface area contributed by atoms with E-state index in [4.69, 9.17) is 4.74 Å². The van der Waals surface area contributed by atoms with Gasteiger partial charge in [-0.3, -0.25) is 0 Å². The maximum absolute atomic E-state index is 10.2. The minimum atomic E-state index is -0.348. The second-order valence-corrected chi connectivity index (χ2v) is 4.99. The highest BCUT2D eigenvalue weighted by Crippen LogP contribution is 2.40. The summed E-state index contributed by atoms with van der Waals surface area (Å²) in [5.41, 5.74) is 2.28. The highest BCUT2D eigenvalue weighted by Gasteiger charge is 2.27. The minimum Gasteiger partial charge on any atom is -0.497 e. The van der Waals surface area contributed by atoms with E-state index in [0.717, 1.165) is 23.5 Å². The van der Waals surface area contributed by atoms with Crippen LogP contribution in [0, 0.1) is 0 Å². The van der Waals surface area contributed by atoms with Crippen LogP contribution in [0.5, 0.6) is 5.75 Å². The van der Waals surface area contributed by atoms with Gasteiger partial charge >= 0.3 is 0 Å². The first-order valence-corrected chi connectivity index (χ1v) is 6.27. The summed E-state index contributed by atoms with van der Waals surface area (Å²) in [6.07, 6.45) is 0.654. The predicted octanol–water partition coefficient (Wildman–Crippen LogP) is 2.75. The number of aliphatic hydroxyl groups excluding tert-OH is 1. The topological polar surface area (TPSA) is 29.5 Å². The van der Waals surface area contributed by atoms with Crippen molar-refractivity contribution in [2.75, 3.05) is 7.11 Å². The summed E-state index contributed by atoms with van der Waals surface area (Å²) in [5, 5.41) is 10.5. The number of ether oxygens (including phenoxy) is 1. The molecule has 1 heterocycles. The van der Waals surface area contributed by atoms with Crippen LogP contribution in [0.4, 0.5) is 0 Å². The van der Waals surface area contributed by atoms with Crippen molar-refractivity contribution < 1.29 is 9.84 Å². The Bertz CT molecular complexity index is 351. The number of thioether (sulfide) groups is 1. The summed E-state index contributed by atoms with van der Waals surface area (Å²) in [5.74, 6) is 1.82. The van der Waals surface area contributed by atoms with Gasteiger partial charge in [-0.05, 0) is 29.7 Å². The van der Waals surface area contributed by atoms with Crippen molar-refractivity contribution in [1.82, 2.24) is 0 Å². The maximum Gasteiger partial charge on any atom is 0.119 e. The van der Waals surface area contributed by atoms with Crippen LogP contribution in [0.25, 0.3) is 0 Å². The first-order chi connectivity index (χ1) is 7.26. The Kier molecular flexibility index (Phi) is 3.22. The van der Waals surface area contributed by atoms with Gasteiger partial charge in [-0.15, -0.1) is 0 Å². The lowest BCUT2D eigenvalue weighted by Gasteiger charge is -2.29. The largest absolute Gasteiger partial charge is 0.497 e. The SMILES string of the molecule is CCC1SCc2ccc(OC)cc2C1O. The first-order valence-electron chi connectivity index (χ1n) is 5.22. The van der Waals surface area contributed by atoms with Gasteiger partial charge in [0.25, 0.3) is 0 Å². The normalized spacial score (nSPS) is 24.7. The lowest BCUT2D eigenvalue weighted by atomic mass is 9.99. The molecule has 0 radical (unpaired) electrons. The fourth-order valence-corrected chi connectivity index (χ4v) is 3.16. The van der Waals surface area contributed by atoms with Gasteiger partial charge in [0, 0.05) is 11.0 Å². The fourth-order valence-electron chi connectivity index (χ4n) is 1.94. The quantitative estimate of drug-likeness (QED) is 0.837. The van der Waals surface area contributed by atoms with E-state index >= 15 is 0 Å². The molecular weight excluding hydrogens is 208 g/mol. The molecule has 1 N–H and O–H groups in total. The Labute approximate surface area is 94.6 Å². The molecule has 0 saturated carbocycles. The van der Waals surface area contributed by atoms with Gasteiger partial charge < -0.3 is 9.84 Å². The molecule has 1 aliphatic rings. The number of hydrogen-bond donors (Lipinski definition) is 1. The van der Waals surface area contributed by atoms with E-state index in [1.165, 1.54) is 5.56 Å². The lowest BCUT2D eigenvalue weighted by molar-refractivity contribution is 0.170. The summed E-state index contributed by atoms with van der Waals surface area (Å²) in [7, 11) is 1.66. The van der Waals surface area contributed by atoms with E-state index in [9.17, 15) is 5.11 Å². The van der Waals surface area contributed by atoms with Crippen LogP contribution in [-0.4, -0.2) is 17.5 Å². The molecule has 2 nitrogen and oxygen atoms in total. The average Bonchev–Trinajstić information content (AvgIpc) is 2.29. The van der Waals surface area contributed by atoms with E-state index in [2.05, 4.69) is 13.0 Å². The Morgan fingerprint density at radius 2 is 2.33 bits per heavy atom. The van der Waals surface area contributed by atoms with Crippen LogP contribution >= 0.6 is 11.8 Å². The standard InChI is InChI=1S/C12H16O2S/c1-3-11-12(13)10-6-9(14-2)5-4-8(10)7-15-11/h4-6,11-13H,3,7H2,1-2H3. The second-order valence-electron chi connectivity index (χ2n) is 3.77. The smallest absolute Gasteiger partial charge is 0.119 e. The molecule has 1 aromatic carbocycles. The monoisotopic (exact) mass is 224 g/mol. The van der Waals surface area contributed by atoms with Crippen LogP contribution in [0.1, 0.15) is 30.6 Å². The van der Waals surface area contributed by atoms with Gasteiger partial charge in [0.1, 0.15) is 5.75 Å². The van der Waals surface area contributed by atoms with E-state index in [1.54, 1.807) is 7.11 Å². The average molecular weight is 224 g/mol. The fraction of sp³-hybridized carbons (Fsp3) is 0.500. The molecule has 0 aromatic heterocycles. The van der Waals surface area contributed by atoms with Crippen molar-refractivity contribution >= 4 is 11.8 Å². The highest BCUT2D eigenvalue weighted by molar-refractivity contribution is 7.99. The van der Waals surface area contributed by atoms with Gasteiger partial charge in [-0.25, -0.2) is 0 Å². The summed E-state index contributed by atoms with van der Waals surface area (Å²) in [6.45, 7) is 2.12. The molecular formula is C12H16O2S. The Hall–Kier alpha value is -0.670. The van der Waals surface area contributed by atoms with E-state index < -0.39 is 0 Å². The van der Waals surface area contributed by atoms with Crippen molar-refractivity contribution in [3.63, 3.8) is 0 Å². The summed E-state index contributed by atoms with van der Waals surface area (Å²) < 4.78 is 5.18. The van der Waals surface area contributed by atoms with Crippen LogP contribution in [0.3, 0.4) is 0 Å². The molecule has 0 fully saturated rings. The number of methoxy groups -OCH3 is 1. The molecule has 3 heteroatoms. The molecule has 15 heavy (non-hydrogen) atoms. The van der Waals surface area contributed by atoms with Crippen molar-refractivity contribution in [2.45, 2.75) is 30.5 Å². The zero-order chi connectivity index (χ0) is 10.8. The maximum atomic E-state index is 10.2. The molecule has 2 unspecified atom stereocenters. The third-order valence-electron chi connectivity index (χ3n) is 2.88. The van der Waals surface area contributed by atoms with Crippen molar-refractivity contribution in [2.24, 2.45) is 0 Å². The Balaban J connectivity index is 2.35. The van der Waals surface area contributed by atoms with Gasteiger partial charge in [-0.2, -0.15) is 11.8 Å². The second kappa shape index (κ2) is 4.45. The number of hydrogen-bond acceptors (Lipinski definition) is 3. The van der Waals surface area contributed by atoms with Crippen LogP contribution in [-0.2, 0) is 5.75 Å². The molecule has 2 atom stereocenters. The van der Waals surface area contributed by atoms with Crippen molar-refractivity contribution in [3.8, 4) is 5.75 Å². The van der Waals surface area contributed by atoms with Gasteiger partial charge in [0.2, 0.25) is 0 Å². The van der Waals surface area contributed by atoms with Gasteiger partial charge in [0.05, 0.1) is 13.2 Å². The molecule has 0 bridgehead atoms. The van der Waals surface area contributed by atoms with Crippen LogP contribution in [0.2, 0.25) is 0 Å². The minimum absolute atomic E-state index is 0.324. The highest BCUT2D eigenvalue weighted by atomic mass is 32.2. The predicted molar refractivity (Wildman–Crippen MR) is 63.3 cm³/mol. The van der Waals surface area contributed by atoms with Crippen molar-refractivity contribution in [3.05, 3.63) is 29.3 Å². The Morgan fingerprint density at radius 3 is 3.00 bits per heavy atom. The molecule has 0 aliphatic carbocycles. The lowest BCUT2D eigenvalue weighted by Crippen LogP contribution is -2.20. The number of aliphatic hydroxyl groups is 1. The molecule has 2 rings (SSSR count). The molecule has 0 amide bonds. The molecule has 1 aliphatic heterocycles. The van der Waals surface area contributed by atoms with Gasteiger partial charge in [0.15, 0.2) is 0 Å². The molecule has 0 spiro atoms. The van der Waals surface area contributed by atoms with Gasteiger partial charge in [-0.1, -0.05) is 13.0 Å². The third-order valence-corrected chi connectivity index (χ3v) is 4.38. The zero-order valence-electron chi connectivity index (χ0n) is 9.06. The van der Waals surface area contributed by atoms with E-state index in [1.807, 2.05) is 23.9 Å². The molecule has 82 valence electrons. The summed E-state index contributed by atoms with van der Waals surface area (Å²) in [6, 6.07) is 5.97. The Morgan fingerprint density at radius 1 is 1.53 bits per heavy atom. The van der Waals surface area contributed by atoms with Crippen molar-refractivity contribution in [1.29, 1.82) is 0 Å². The third kappa shape index (κ3) is 1.99. The number of benzene rings is 1. The number of rotatable bonds is 2. The van der Waals surface area contributed by atoms with E-state index in [0.29, 0.717) is 5.25 Å². The zero-order valence-corrected chi connectivity index (χ0v) is 9.88. The van der Waals surface area contributed by atoms with Crippen LogP contribution < -0.4 is 4.74 Å². The summed E-state index contributed by atoms with van der Waals surface area (Å²) in [4.78, 5) is 0.